The van der Waals surface area contributed by atoms with Crippen molar-refractivity contribution in [3.05, 3.63) is 71.0 Å². The molecule has 0 aromatic heterocycles. The quantitative estimate of drug-likeness (QED) is 0.661. The van der Waals surface area contributed by atoms with E-state index in [-0.39, 0.29) is 42.6 Å². The highest BCUT2D eigenvalue weighted by molar-refractivity contribution is 5.88. The van der Waals surface area contributed by atoms with Crippen LogP contribution in [-0.2, 0) is 22.4 Å². The van der Waals surface area contributed by atoms with Crippen LogP contribution in [0.4, 0.5) is 13.2 Å². The van der Waals surface area contributed by atoms with E-state index in [0.717, 1.165) is 11.6 Å². The maximum atomic E-state index is 13.9. The summed E-state index contributed by atoms with van der Waals surface area (Å²) in [6.45, 7) is 0.943. The number of hydrogen-bond acceptors (Lipinski definition) is 3. The molecule has 2 amide bonds. The van der Waals surface area contributed by atoms with Crippen LogP contribution in [0.15, 0.2) is 42.5 Å². The summed E-state index contributed by atoms with van der Waals surface area (Å²) in [4.78, 5) is 29.2. The van der Waals surface area contributed by atoms with Gasteiger partial charge in [0.1, 0.15) is 11.9 Å². The van der Waals surface area contributed by atoms with E-state index in [1.165, 1.54) is 0 Å². The van der Waals surface area contributed by atoms with E-state index in [4.69, 9.17) is 5.73 Å². The smallest absolute Gasteiger partial charge is 0.245 e. The maximum absolute atomic E-state index is 13.9. The Labute approximate surface area is 191 Å². The third-order valence-corrected chi connectivity index (χ3v) is 5.53. The van der Waals surface area contributed by atoms with Crippen molar-refractivity contribution in [2.24, 2.45) is 5.73 Å². The molecule has 1 fully saturated rings. The second-order valence-electron chi connectivity index (χ2n) is 7.93. The van der Waals surface area contributed by atoms with Gasteiger partial charge in [-0.1, -0.05) is 30.3 Å². The van der Waals surface area contributed by atoms with E-state index >= 15 is 0 Å². The first-order valence-electron chi connectivity index (χ1n) is 10.2. The minimum atomic E-state index is -1.28. The van der Waals surface area contributed by atoms with Crippen molar-refractivity contribution in [1.82, 2.24) is 9.80 Å². The summed E-state index contributed by atoms with van der Waals surface area (Å²) >= 11 is 0. The lowest BCUT2D eigenvalue weighted by molar-refractivity contribution is -0.143. The predicted molar refractivity (Wildman–Crippen MR) is 118 cm³/mol. The SMILES string of the molecule is CN1CCCN(C(=O)C[C@H](N)Cc2cc(F)c(F)cc2F)[C@H](Cc2ccccc2)C1=O.Cl. The van der Waals surface area contributed by atoms with Crippen LogP contribution in [0.2, 0.25) is 0 Å². The van der Waals surface area contributed by atoms with Gasteiger partial charge in [0.2, 0.25) is 11.8 Å². The highest BCUT2D eigenvalue weighted by Gasteiger charge is 2.34. The molecule has 2 aromatic carbocycles. The minimum absolute atomic E-state index is 0. The van der Waals surface area contributed by atoms with Crippen LogP contribution >= 0.6 is 12.4 Å². The van der Waals surface area contributed by atoms with Crippen LogP contribution < -0.4 is 5.73 Å². The van der Waals surface area contributed by atoms with Crippen molar-refractivity contribution in [3.63, 3.8) is 0 Å². The first kappa shape index (κ1) is 25.7. The van der Waals surface area contributed by atoms with Crippen molar-refractivity contribution in [3.8, 4) is 0 Å². The van der Waals surface area contributed by atoms with Gasteiger partial charge in [0, 0.05) is 45.1 Å². The van der Waals surface area contributed by atoms with Crippen LogP contribution in [0.1, 0.15) is 24.0 Å². The van der Waals surface area contributed by atoms with E-state index in [1.54, 1.807) is 16.8 Å². The van der Waals surface area contributed by atoms with Crippen molar-refractivity contribution in [1.29, 1.82) is 0 Å². The Kier molecular flexibility index (Phi) is 9.09. The number of nitrogens with zero attached hydrogens (tertiary/aromatic N) is 2. The number of benzene rings is 2. The number of carbonyl (C=O) groups excluding carboxylic acids is 2. The summed E-state index contributed by atoms with van der Waals surface area (Å²) in [5, 5.41) is 0. The summed E-state index contributed by atoms with van der Waals surface area (Å²) < 4.78 is 40.5. The van der Waals surface area contributed by atoms with Crippen LogP contribution in [0, 0.1) is 17.5 Å². The molecule has 1 saturated heterocycles. The van der Waals surface area contributed by atoms with Crippen LogP contribution in [0.3, 0.4) is 0 Å². The molecule has 0 saturated carbocycles. The molecule has 1 aliphatic heterocycles. The topological polar surface area (TPSA) is 66.6 Å². The van der Waals surface area contributed by atoms with Gasteiger partial charge in [-0.2, -0.15) is 0 Å². The van der Waals surface area contributed by atoms with E-state index in [9.17, 15) is 22.8 Å². The van der Waals surface area contributed by atoms with Gasteiger partial charge in [0.05, 0.1) is 0 Å². The number of likely N-dealkylation sites (N-methyl/N-ethyl adjacent to an activating group) is 1. The normalized spacial score (nSPS) is 17.5. The first-order chi connectivity index (χ1) is 14.8. The second-order valence-corrected chi connectivity index (χ2v) is 7.93. The molecule has 9 heteroatoms. The number of carbonyl (C=O) groups is 2. The molecule has 1 aliphatic rings. The van der Waals surface area contributed by atoms with Crippen molar-refractivity contribution < 1.29 is 22.8 Å². The molecular formula is C23H27ClF3N3O2. The van der Waals surface area contributed by atoms with E-state index in [1.807, 2.05) is 30.3 Å². The molecule has 0 radical (unpaired) electrons. The Morgan fingerprint density at radius 1 is 1.09 bits per heavy atom. The Balaban J connectivity index is 0.00000363. The van der Waals surface area contributed by atoms with Gasteiger partial charge < -0.3 is 15.5 Å². The molecule has 1 heterocycles. The van der Waals surface area contributed by atoms with Crippen molar-refractivity contribution in [2.45, 2.75) is 37.8 Å². The fourth-order valence-corrected chi connectivity index (χ4v) is 3.88. The molecule has 2 atom stereocenters. The molecule has 2 N–H and O–H groups in total. The molecular weight excluding hydrogens is 443 g/mol. The average Bonchev–Trinajstić information content (AvgIpc) is 2.86. The van der Waals surface area contributed by atoms with Crippen LogP contribution in [0.5, 0.6) is 0 Å². The lowest BCUT2D eigenvalue weighted by Gasteiger charge is -2.31. The molecule has 32 heavy (non-hydrogen) atoms. The Hall–Kier alpha value is -2.58. The van der Waals surface area contributed by atoms with Gasteiger partial charge in [-0.25, -0.2) is 13.2 Å². The third kappa shape index (κ3) is 6.23. The monoisotopic (exact) mass is 469 g/mol. The fourth-order valence-electron chi connectivity index (χ4n) is 3.88. The molecule has 174 valence electrons. The number of amides is 2. The molecule has 5 nitrogen and oxygen atoms in total. The summed E-state index contributed by atoms with van der Waals surface area (Å²) in [7, 11) is 1.71. The molecule has 2 aromatic rings. The average molecular weight is 470 g/mol. The van der Waals surface area contributed by atoms with Gasteiger partial charge >= 0.3 is 0 Å². The van der Waals surface area contributed by atoms with Gasteiger partial charge in [-0.15, -0.1) is 12.4 Å². The minimum Gasteiger partial charge on any atom is -0.344 e. The molecule has 0 unspecified atom stereocenters. The highest BCUT2D eigenvalue weighted by atomic mass is 35.5. The van der Waals surface area contributed by atoms with Crippen molar-refractivity contribution in [2.75, 3.05) is 20.1 Å². The summed E-state index contributed by atoms with van der Waals surface area (Å²) in [6.07, 6.45) is 0.746. The fraction of sp³-hybridized carbons (Fsp3) is 0.391. The largest absolute Gasteiger partial charge is 0.344 e. The Morgan fingerprint density at radius 3 is 2.44 bits per heavy atom. The lowest BCUT2D eigenvalue weighted by Crippen LogP contribution is -2.50. The molecule has 0 bridgehead atoms. The van der Waals surface area contributed by atoms with E-state index in [2.05, 4.69) is 0 Å². The van der Waals surface area contributed by atoms with Gasteiger partial charge in [-0.3, -0.25) is 9.59 Å². The molecule has 0 spiro atoms. The van der Waals surface area contributed by atoms with Crippen LogP contribution in [0.25, 0.3) is 0 Å². The van der Waals surface area contributed by atoms with Gasteiger partial charge in [-0.05, 0) is 30.0 Å². The number of halogens is 4. The summed E-state index contributed by atoms with van der Waals surface area (Å²) in [6, 6.07) is 9.20. The van der Waals surface area contributed by atoms with Gasteiger partial charge in [0.15, 0.2) is 11.6 Å². The standard InChI is InChI=1S/C23H26F3N3O2.ClH/c1-28-8-5-9-29(21(23(28)31)10-15-6-3-2-4-7-15)22(30)13-17(27)11-16-12-19(25)20(26)14-18(16)24;/h2-4,6-7,12,14,17,21H,5,8-11,13,27H2,1H3;1H/t17-,21-;/m1./s1. The zero-order valence-corrected chi connectivity index (χ0v) is 18.6. The number of rotatable bonds is 6. The van der Waals surface area contributed by atoms with Crippen molar-refractivity contribution >= 4 is 24.2 Å². The summed E-state index contributed by atoms with van der Waals surface area (Å²) in [5.41, 5.74) is 6.89. The molecule has 0 aliphatic carbocycles. The van der Waals surface area contributed by atoms with E-state index < -0.39 is 29.5 Å². The second kappa shape index (κ2) is 11.3. The first-order valence-corrected chi connectivity index (χ1v) is 10.2. The Morgan fingerprint density at radius 2 is 1.75 bits per heavy atom. The third-order valence-electron chi connectivity index (χ3n) is 5.53. The van der Waals surface area contributed by atoms with Gasteiger partial charge in [0.25, 0.3) is 0 Å². The van der Waals surface area contributed by atoms with Crippen LogP contribution in [-0.4, -0.2) is 53.8 Å². The maximum Gasteiger partial charge on any atom is 0.245 e. The van der Waals surface area contributed by atoms with E-state index in [0.29, 0.717) is 32.0 Å². The molecule has 3 rings (SSSR count). The zero-order valence-electron chi connectivity index (χ0n) is 17.8. The summed E-state index contributed by atoms with van der Waals surface area (Å²) in [5.74, 6) is -3.81. The lowest BCUT2D eigenvalue weighted by atomic mass is 10.0. The number of hydrogen-bond donors (Lipinski definition) is 1. The number of nitrogens with two attached hydrogens (primary N) is 1. The Bertz CT molecular complexity index is 946. The zero-order chi connectivity index (χ0) is 22.5. The predicted octanol–water partition coefficient (Wildman–Crippen LogP) is 3.09. The highest BCUT2D eigenvalue weighted by Crippen LogP contribution is 2.19.